The summed E-state index contributed by atoms with van der Waals surface area (Å²) in [6.07, 6.45) is 2.73. The number of imidazole rings is 1. The van der Waals surface area contributed by atoms with Gasteiger partial charge in [-0.25, -0.2) is 4.98 Å². The maximum absolute atomic E-state index is 6.00. The van der Waals surface area contributed by atoms with Crippen LogP contribution in [-0.2, 0) is 13.0 Å². The number of nitrogens with zero attached hydrogens (tertiary/aromatic N) is 2. The van der Waals surface area contributed by atoms with Gasteiger partial charge in [-0.2, -0.15) is 0 Å². The van der Waals surface area contributed by atoms with E-state index in [1.165, 1.54) is 16.6 Å². The highest BCUT2D eigenvalue weighted by atomic mass is 16.5. The van der Waals surface area contributed by atoms with Crippen LogP contribution < -0.4 is 14.2 Å². The minimum absolute atomic E-state index is 0.709. The third-order valence-electron chi connectivity index (χ3n) is 5.78. The Hall–Kier alpha value is -3.47. The molecule has 0 saturated heterocycles. The maximum Gasteiger partial charge on any atom is 0.161 e. The molecular formula is C28H32N2O3. The van der Waals surface area contributed by atoms with Crippen molar-refractivity contribution in [1.82, 2.24) is 9.55 Å². The van der Waals surface area contributed by atoms with Gasteiger partial charge in [-0.15, -0.1) is 0 Å². The lowest BCUT2D eigenvalue weighted by molar-refractivity contribution is 0.303. The minimum Gasteiger partial charge on any atom is -0.494 e. The molecule has 33 heavy (non-hydrogen) atoms. The van der Waals surface area contributed by atoms with Crippen molar-refractivity contribution in [3.05, 3.63) is 83.2 Å². The molecule has 0 aliphatic rings. The second-order valence-corrected chi connectivity index (χ2v) is 8.41. The van der Waals surface area contributed by atoms with Gasteiger partial charge in [0.2, 0.25) is 0 Å². The Morgan fingerprint density at radius 3 is 2.33 bits per heavy atom. The Morgan fingerprint density at radius 2 is 1.58 bits per heavy atom. The summed E-state index contributed by atoms with van der Waals surface area (Å²) in [7, 11) is 3.32. The van der Waals surface area contributed by atoms with Gasteiger partial charge in [0.05, 0.1) is 31.9 Å². The fourth-order valence-electron chi connectivity index (χ4n) is 4.26. The normalized spacial score (nSPS) is 11.0. The van der Waals surface area contributed by atoms with Gasteiger partial charge in [0.1, 0.15) is 11.6 Å². The van der Waals surface area contributed by atoms with E-state index in [-0.39, 0.29) is 0 Å². The van der Waals surface area contributed by atoms with Crippen molar-refractivity contribution in [2.75, 3.05) is 20.8 Å². The van der Waals surface area contributed by atoms with Crippen molar-refractivity contribution in [2.24, 2.45) is 0 Å². The molecule has 5 heteroatoms. The van der Waals surface area contributed by atoms with E-state index in [1.54, 1.807) is 14.2 Å². The molecule has 5 nitrogen and oxygen atoms in total. The van der Waals surface area contributed by atoms with E-state index in [1.807, 2.05) is 18.2 Å². The molecule has 4 aromatic rings. The topological polar surface area (TPSA) is 45.5 Å². The Kier molecular flexibility index (Phi) is 7.18. The molecular weight excluding hydrogens is 412 g/mol. The van der Waals surface area contributed by atoms with E-state index in [4.69, 9.17) is 19.2 Å². The average Bonchev–Trinajstić information content (AvgIpc) is 3.15. The van der Waals surface area contributed by atoms with Crippen molar-refractivity contribution < 1.29 is 14.2 Å². The highest BCUT2D eigenvalue weighted by Gasteiger charge is 2.13. The summed E-state index contributed by atoms with van der Waals surface area (Å²) in [5.41, 5.74) is 5.80. The number of unbranched alkanes of at least 4 members (excludes halogenated alkanes) is 1. The van der Waals surface area contributed by atoms with Crippen LogP contribution in [-0.4, -0.2) is 30.4 Å². The number of fused-ring (bicyclic) bond motifs is 1. The van der Waals surface area contributed by atoms with Crippen LogP contribution in [0.3, 0.4) is 0 Å². The van der Waals surface area contributed by atoms with E-state index in [9.17, 15) is 0 Å². The van der Waals surface area contributed by atoms with Crippen LogP contribution in [0.1, 0.15) is 35.4 Å². The molecule has 3 aromatic carbocycles. The number of aryl methyl sites for hydroxylation is 3. The summed E-state index contributed by atoms with van der Waals surface area (Å²) >= 11 is 0. The van der Waals surface area contributed by atoms with Crippen LogP contribution in [0.5, 0.6) is 17.2 Å². The number of hydrogen-bond donors (Lipinski definition) is 0. The molecule has 0 unspecified atom stereocenters. The summed E-state index contributed by atoms with van der Waals surface area (Å²) < 4.78 is 19.2. The lowest BCUT2D eigenvalue weighted by atomic mass is 10.1. The number of ether oxygens (including phenoxy) is 3. The molecule has 1 heterocycles. The summed E-state index contributed by atoms with van der Waals surface area (Å²) in [5.74, 6) is 3.48. The first-order chi connectivity index (χ1) is 16.1. The van der Waals surface area contributed by atoms with Crippen LogP contribution in [0.2, 0.25) is 0 Å². The smallest absolute Gasteiger partial charge is 0.161 e. The average molecular weight is 445 g/mol. The molecule has 0 amide bonds. The molecule has 0 N–H and O–H groups in total. The van der Waals surface area contributed by atoms with Crippen molar-refractivity contribution in [1.29, 1.82) is 0 Å². The van der Waals surface area contributed by atoms with E-state index in [0.717, 1.165) is 60.0 Å². The summed E-state index contributed by atoms with van der Waals surface area (Å²) in [6, 6.07) is 20.7. The highest BCUT2D eigenvalue weighted by molar-refractivity contribution is 5.76. The molecule has 4 rings (SSSR count). The molecule has 0 radical (unpaired) electrons. The van der Waals surface area contributed by atoms with Crippen molar-refractivity contribution in [2.45, 2.75) is 39.7 Å². The second kappa shape index (κ2) is 10.4. The van der Waals surface area contributed by atoms with Gasteiger partial charge >= 0.3 is 0 Å². The van der Waals surface area contributed by atoms with Crippen molar-refractivity contribution in [3.63, 3.8) is 0 Å². The zero-order valence-electron chi connectivity index (χ0n) is 19.9. The number of para-hydroxylation sites is 2. The summed E-state index contributed by atoms with van der Waals surface area (Å²) in [5, 5.41) is 0. The first-order valence-electron chi connectivity index (χ1n) is 11.4. The Morgan fingerprint density at radius 1 is 0.818 bits per heavy atom. The van der Waals surface area contributed by atoms with Gasteiger partial charge in [-0.1, -0.05) is 24.3 Å². The van der Waals surface area contributed by atoms with Crippen molar-refractivity contribution in [3.8, 4) is 17.2 Å². The Labute approximate surface area is 195 Å². The Bertz CT molecular complexity index is 1210. The lowest BCUT2D eigenvalue weighted by Crippen LogP contribution is -2.07. The minimum atomic E-state index is 0.709. The quantitative estimate of drug-likeness (QED) is 0.276. The number of benzene rings is 3. The fraction of sp³-hybridized carbons (Fsp3) is 0.321. The largest absolute Gasteiger partial charge is 0.494 e. The standard InChI is InChI=1S/C28H32N2O3/c1-20-15-21(2)17-23(16-20)33-14-8-7-13-30-25-10-6-5-9-24(25)29-28(30)19-22-11-12-26(31-3)27(18-22)32-4/h5-6,9-12,15-18H,7-8,13-14,19H2,1-4H3. The van der Waals surface area contributed by atoms with Gasteiger partial charge in [0.25, 0.3) is 0 Å². The van der Waals surface area contributed by atoms with Gasteiger partial charge < -0.3 is 18.8 Å². The van der Waals surface area contributed by atoms with Crippen LogP contribution in [0.25, 0.3) is 11.0 Å². The molecule has 0 atom stereocenters. The van der Waals surface area contributed by atoms with Crippen molar-refractivity contribution >= 4 is 11.0 Å². The first kappa shape index (κ1) is 22.7. The number of aromatic nitrogens is 2. The number of rotatable bonds is 10. The monoisotopic (exact) mass is 444 g/mol. The van der Waals surface area contributed by atoms with Gasteiger partial charge in [0.15, 0.2) is 11.5 Å². The SMILES string of the molecule is COc1ccc(Cc2nc3ccccc3n2CCCCOc2cc(C)cc(C)c2)cc1OC. The van der Waals surface area contributed by atoms with E-state index >= 15 is 0 Å². The molecule has 0 aliphatic carbocycles. The molecule has 0 saturated carbocycles. The lowest BCUT2D eigenvalue weighted by Gasteiger charge is -2.12. The van der Waals surface area contributed by atoms with E-state index in [2.05, 4.69) is 60.9 Å². The van der Waals surface area contributed by atoms with Gasteiger partial charge in [-0.3, -0.25) is 0 Å². The molecule has 0 aliphatic heterocycles. The fourth-order valence-corrected chi connectivity index (χ4v) is 4.26. The first-order valence-corrected chi connectivity index (χ1v) is 11.4. The molecule has 0 spiro atoms. The van der Waals surface area contributed by atoms with E-state index < -0.39 is 0 Å². The van der Waals surface area contributed by atoms with Gasteiger partial charge in [-0.05, 0) is 79.8 Å². The van der Waals surface area contributed by atoms with Gasteiger partial charge in [0, 0.05) is 13.0 Å². The van der Waals surface area contributed by atoms with Crippen LogP contribution in [0, 0.1) is 13.8 Å². The maximum atomic E-state index is 6.00. The van der Waals surface area contributed by atoms with Crippen LogP contribution >= 0.6 is 0 Å². The molecule has 172 valence electrons. The third-order valence-corrected chi connectivity index (χ3v) is 5.78. The van der Waals surface area contributed by atoms with E-state index in [0.29, 0.717) is 6.61 Å². The predicted octanol–water partition coefficient (Wildman–Crippen LogP) is 6.12. The zero-order chi connectivity index (χ0) is 23.2. The summed E-state index contributed by atoms with van der Waals surface area (Å²) in [6.45, 7) is 5.81. The number of hydrogen-bond acceptors (Lipinski definition) is 4. The summed E-state index contributed by atoms with van der Waals surface area (Å²) in [4.78, 5) is 4.93. The van der Waals surface area contributed by atoms with Crippen LogP contribution in [0.15, 0.2) is 60.7 Å². The Balaban J connectivity index is 1.45. The molecule has 0 fully saturated rings. The molecule has 0 bridgehead atoms. The zero-order valence-corrected chi connectivity index (χ0v) is 19.9. The van der Waals surface area contributed by atoms with Crippen LogP contribution in [0.4, 0.5) is 0 Å². The third kappa shape index (κ3) is 5.48. The second-order valence-electron chi connectivity index (χ2n) is 8.41. The predicted molar refractivity (Wildman–Crippen MR) is 133 cm³/mol. The highest BCUT2D eigenvalue weighted by Crippen LogP contribution is 2.29. The number of methoxy groups -OCH3 is 2. The molecule has 1 aromatic heterocycles.